The molecule has 1 aromatic rings. The summed E-state index contributed by atoms with van der Waals surface area (Å²) >= 11 is 0. The van der Waals surface area contributed by atoms with E-state index in [0.717, 1.165) is 0 Å². The summed E-state index contributed by atoms with van der Waals surface area (Å²) in [7, 11) is 3.16. The highest BCUT2D eigenvalue weighted by atomic mass is 19.1. The van der Waals surface area contributed by atoms with Crippen LogP contribution in [0.15, 0.2) is 24.3 Å². The van der Waals surface area contributed by atoms with Crippen molar-refractivity contribution < 1.29 is 9.18 Å². The Labute approximate surface area is 87.7 Å². The second kappa shape index (κ2) is 4.56. The summed E-state index contributed by atoms with van der Waals surface area (Å²) in [5.74, 6) is -1.54. The Hall–Kier alpha value is -1.89. The molecule has 0 radical (unpaired) electrons. The lowest BCUT2D eigenvalue weighted by atomic mass is 9.99. The number of hydrogen-bond donors (Lipinski definition) is 0. The van der Waals surface area contributed by atoms with Crippen LogP contribution >= 0.6 is 0 Å². The normalized spacial score (nSPS) is 11.6. The van der Waals surface area contributed by atoms with Crippen LogP contribution in [0, 0.1) is 17.1 Å². The fraction of sp³-hybridized carbons (Fsp3) is 0.273. The third-order valence-corrected chi connectivity index (χ3v) is 2.02. The van der Waals surface area contributed by atoms with Gasteiger partial charge in [-0.15, -0.1) is 0 Å². The third kappa shape index (κ3) is 2.53. The minimum absolute atomic E-state index is 0.302. The fourth-order valence-electron chi connectivity index (χ4n) is 1.19. The van der Waals surface area contributed by atoms with Gasteiger partial charge in [0.1, 0.15) is 11.7 Å². The Balaban J connectivity index is 2.99. The number of nitriles is 1. The number of likely N-dealkylation sites (N-methyl/N-ethyl adjacent to an activating group) is 1. The Kier molecular flexibility index (Phi) is 3.40. The molecule has 3 nitrogen and oxygen atoms in total. The molecule has 1 aromatic carbocycles. The highest BCUT2D eigenvalue weighted by Crippen LogP contribution is 2.17. The average molecular weight is 206 g/mol. The van der Waals surface area contributed by atoms with Gasteiger partial charge in [0.15, 0.2) is 0 Å². The largest absolute Gasteiger partial charge is 0.347 e. The van der Waals surface area contributed by atoms with Crippen LogP contribution in [0.1, 0.15) is 11.5 Å². The predicted molar refractivity (Wildman–Crippen MR) is 53.4 cm³/mol. The Bertz CT molecular complexity index is 392. The summed E-state index contributed by atoms with van der Waals surface area (Å²) in [6.07, 6.45) is 0. The lowest BCUT2D eigenvalue weighted by Crippen LogP contribution is -2.27. The lowest BCUT2D eigenvalue weighted by molar-refractivity contribution is -0.129. The fourth-order valence-corrected chi connectivity index (χ4v) is 1.19. The van der Waals surface area contributed by atoms with Gasteiger partial charge in [-0.3, -0.25) is 4.79 Å². The Morgan fingerprint density at radius 1 is 1.40 bits per heavy atom. The van der Waals surface area contributed by atoms with Crippen LogP contribution in [0.2, 0.25) is 0 Å². The van der Waals surface area contributed by atoms with Gasteiger partial charge < -0.3 is 4.90 Å². The topological polar surface area (TPSA) is 44.1 Å². The van der Waals surface area contributed by atoms with Crippen LogP contribution in [-0.4, -0.2) is 24.9 Å². The first-order valence-electron chi connectivity index (χ1n) is 4.42. The van der Waals surface area contributed by atoms with Gasteiger partial charge in [-0.05, 0) is 17.7 Å². The quantitative estimate of drug-likeness (QED) is 0.736. The maximum Gasteiger partial charge on any atom is 0.243 e. The van der Waals surface area contributed by atoms with E-state index in [1.807, 2.05) is 6.07 Å². The molecule has 0 N–H and O–H groups in total. The highest BCUT2D eigenvalue weighted by molar-refractivity contribution is 5.86. The molecule has 0 aromatic heterocycles. The molecule has 0 bridgehead atoms. The van der Waals surface area contributed by atoms with Crippen molar-refractivity contribution in [3.05, 3.63) is 35.6 Å². The van der Waals surface area contributed by atoms with Crippen molar-refractivity contribution in [2.75, 3.05) is 14.1 Å². The van der Waals surface area contributed by atoms with Crippen molar-refractivity contribution in [3.63, 3.8) is 0 Å². The second-order valence-electron chi connectivity index (χ2n) is 3.35. The van der Waals surface area contributed by atoms with Gasteiger partial charge in [0.2, 0.25) is 5.91 Å². The van der Waals surface area contributed by atoms with E-state index in [0.29, 0.717) is 5.56 Å². The molecule has 0 aliphatic heterocycles. The minimum Gasteiger partial charge on any atom is -0.347 e. The molecule has 0 aliphatic carbocycles. The van der Waals surface area contributed by atoms with Crippen molar-refractivity contribution in [2.24, 2.45) is 0 Å². The van der Waals surface area contributed by atoms with Crippen LogP contribution in [0.25, 0.3) is 0 Å². The molecule has 4 heteroatoms. The van der Waals surface area contributed by atoms with Crippen LogP contribution < -0.4 is 0 Å². The number of nitrogens with zero attached hydrogens (tertiary/aromatic N) is 2. The summed E-state index contributed by atoms with van der Waals surface area (Å²) in [5.41, 5.74) is 0.512. The summed E-state index contributed by atoms with van der Waals surface area (Å²) in [5, 5.41) is 8.88. The zero-order chi connectivity index (χ0) is 11.4. The lowest BCUT2D eigenvalue weighted by Gasteiger charge is -2.14. The molecule has 0 saturated heterocycles. The Morgan fingerprint density at radius 3 is 2.33 bits per heavy atom. The zero-order valence-electron chi connectivity index (χ0n) is 8.57. The van der Waals surface area contributed by atoms with Crippen molar-refractivity contribution in [2.45, 2.75) is 5.92 Å². The van der Waals surface area contributed by atoms with Gasteiger partial charge in [-0.2, -0.15) is 5.26 Å². The number of halogens is 1. The average Bonchev–Trinajstić information content (AvgIpc) is 2.21. The van der Waals surface area contributed by atoms with E-state index in [1.54, 1.807) is 14.1 Å². The number of rotatable bonds is 2. The molecule has 1 unspecified atom stereocenters. The molecule has 78 valence electrons. The molecule has 1 atom stereocenters. The summed E-state index contributed by atoms with van der Waals surface area (Å²) in [6.45, 7) is 0. The van der Waals surface area contributed by atoms with E-state index in [2.05, 4.69) is 0 Å². The maximum atomic E-state index is 12.6. The van der Waals surface area contributed by atoms with Gasteiger partial charge in [-0.1, -0.05) is 12.1 Å². The summed E-state index contributed by atoms with van der Waals surface area (Å²) in [4.78, 5) is 12.9. The van der Waals surface area contributed by atoms with E-state index in [-0.39, 0.29) is 11.7 Å². The SMILES string of the molecule is CN(C)C(=O)C(C#N)c1ccc(F)cc1. The van der Waals surface area contributed by atoms with Gasteiger partial charge in [0.05, 0.1) is 6.07 Å². The van der Waals surface area contributed by atoms with Crippen LogP contribution in [0.5, 0.6) is 0 Å². The molecule has 0 fully saturated rings. The first kappa shape index (κ1) is 11.2. The van der Waals surface area contributed by atoms with E-state index < -0.39 is 5.92 Å². The minimum atomic E-state index is -0.861. The number of carbonyl (C=O) groups is 1. The van der Waals surface area contributed by atoms with E-state index in [4.69, 9.17) is 5.26 Å². The monoisotopic (exact) mass is 206 g/mol. The smallest absolute Gasteiger partial charge is 0.243 e. The molecule has 0 spiro atoms. The molecule has 15 heavy (non-hydrogen) atoms. The van der Waals surface area contributed by atoms with Crippen molar-refractivity contribution in [3.8, 4) is 6.07 Å². The van der Waals surface area contributed by atoms with Crippen molar-refractivity contribution in [1.29, 1.82) is 5.26 Å². The van der Waals surface area contributed by atoms with Gasteiger partial charge in [0, 0.05) is 14.1 Å². The van der Waals surface area contributed by atoms with E-state index >= 15 is 0 Å². The number of benzene rings is 1. The molecule has 0 saturated carbocycles. The number of carbonyl (C=O) groups excluding carboxylic acids is 1. The molecule has 0 heterocycles. The highest BCUT2D eigenvalue weighted by Gasteiger charge is 2.21. The Morgan fingerprint density at radius 2 is 1.93 bits per heavy atom. The van der Waals surface area contributed by atoms with Crippen LogP contribution in [-0.2, 0) is 4.79 Å². The second-order valence-corrected chi connectivity index (χ2v) is 3.35. The first-order chi connectivity index (χ1) is 7.06. The van der Waals surface area contributed by atoms with Crippen LogP contribution in [0.3, 0.4) is 0 Å². The summed E-state index contributed by atoms with van der Waals surface area (Å²) < 4.78 is 12.6. The molecule has 1 rings (SSSR count). The number of hydrogen-bond acceptors (Lipinski definition) is 2. The third-order valence-electron chi connectivity index (χ3n) is 2.02. The zero-order valence-corrected chi connectivity index (χ0v) is 8.57. The molecular formula is C11H11FN2O. The maximum absolute atomic E-state index is 12.6. The molecular weight excluding hydrogens is 195 g/mol. The number of amides is 1. The van der Waals surface area contributed by atoms with Gasteiger partial charge in [-0.25, -0.2) is 4.39 Å². The van der Waals surface area contributed by atoms with Gasteiger partial charge in [0.25, 0.3) is 0 Å². The first-order valence-corrected chi connectivity index (χ1v) is 4.42. The van der Waals surface area contributed by atoms with Gasteiger partial charge >= 0.3 is 0 Å². The van der Waals surface area contributed by atoms with E-state index in [9.17, 15) is 9.18 Å². The predicted octanol–water partition coefficient (Wildman–Crippen LogP) is 1.52. The van der Waals surface area contributed by atoms with E-state index in [1.165, 1.54) is 29.2 Å². The van der Waals surface area contributed by atoms with Crippen molar-refractivity contribution in [1.82, 2.24) is 4.90 Å². The molecule has 1 amide bonds. The molecule has 0 aliphatic rings. The van der Waals surface area contributed by atoms with Crippen LogP contribution in [0.4, 0.5) is 4.39 Å². The standard InChI is InChI=1S/C11H11FN2O/c1-14(2)11(15)10(7-13)8-3-5-9(12)6-4-8/h3-6,10H,1-2H3. The summed E-state index contributed by atoms with van der Waals surface area (Å²) in [6, 6.07) is 7.28. The van der Waals surface area contributed by atoms with Crippen molar-refractivity contribution >= 4 is 5.91 Å².